The summed E-state index contributed by atoms with van der Waals surface area (Å²) in [5, 5.41) is 36.8. The number of carbonyl (C=O) groups excluding carboxylic acids is 5. The van der Waals surface area contributed by atoms with Gasteiger partial charge in [0.15, 0.2) is 0 Å². The number of ether oxygens (including phenoxy) is 3. The van der Waals surface area contributed by atoms with Crippen LogP contribution >= 0.6 is 0 Å². The number of nitrogens with one attached hydrogen (secondary N) is 2. The van der Waals surface area contributed by atoms with Crippen molar-refractivity contribution in [1.82, 2.24) is 15.5 Å². The summed E-state index contributed by atoms with van der Waals surface area (Å²) >= 11 is 0. The first kappa shape index (κ1) is 48.1. The number of nitrogens with zero attached hydrogens (tertiary/aromatic N) is 2. The number of esters is 2. The van der Waals surface area contributed by atoms with E-state index in [1.54, 1.807) is 80.6 Å². The molecule has 1 spiro atoms. The van der Waals surface area contributed by atoms with Gasteiger partial charge in [0, 0.05) is 24.1 Å². The molecule has 0 saturated carbocycles. The molecule has 0 bridgehead atoms. The Bertz CT molecular complexity index is 2740. The number of aliphatic hydroxyl groups excluding tert-OH is 3. The number of carbonyl (C=O) groups is 5. The van der Waals surface area contributed by atoms with E-state index in [0.29, 0.717) is 27.8 Å². The minimum absolute atomic E-state index is 0.0440. The highest BCUT2D eigenvalue weighted by Gasteiger charge is 2.76. The second-order valence-electron chi connectivity index (χ2n) is 17.4. The first-order valence-electron chi connectivity index (χ1n) is 22.9. The van der Waals surface area contributed by atoms with Crippen molar-refractivity contribution in [3.63, 3.8) is 0 Å². The molecule has 69 heavy (non-hydrogen) atoms. The van der Waals surface area contributed by atoms with Gasteiger partial charge in [-0.3, -0.25) is 19.3 Å². The van der Waals surface area contributed by atoms with Gasteiger partial charge in [0.05, 0.1) is 50.1 Å². The van der Waals surface area contributed by atoms with E-state index in [0.717, 1.165) is 4.90 Å². The molecule has 3 heterocycles. The first-order chi connectivity index (χ1) is 33.5. The number of fused-ring (bicyclic) bond motifs is 3. The molecule has 5 N–H and O–H groups in total. The Kier molecular flexibility index (Phi) is 14.6. The number of imide groups is 1. The number of morpholine rings is 1. The molecule has 0 aliphatic carbocycles. The largest absolute Gasteiger partial charge is 0.491 e. The van der Waals surface area contributed by atoms with Crippen molar-refractivity contribution in [2.45, 2.75) is 62.1 Å². The molecule has 356 valence electrons. The third-order valence-electron chi connectivity index (χ3n) is 13.0. The minimum Gasteiger partial charge on any atom is -0.491 e. The first-order valence-corrected chi connectivity index (χ1v) is 22.9. The van der Waals surface area contributed by atoms with Gasteiger partial charge in [-0.05, 0) is 52.4 Å². The molecule has 8 atom stereocenters. The molecule has 0 aromatic heterocycles. The fourth-order valence-electron chi connectivity index (χ4n) is 10.1. The molecule has 8 rings (SSSR count). The Morgan fingerprint density at radius 3 is 2.13 bits per heavy atom. The average Bonchev–Trinajstić information content (AvgIpc) is 3.83. The van der Waals surface area contributed by atoms with Crippen molar-refractivity contribution < 1.29 is 53.5 Å². The van der Waals surface area contributed by atoms with Crippen LogP contribution < -0.4 is 20.3 Å². The zero-order valence-electron chi connectivity index (χ0n) is 38.4. The van der Waals surface area contributed by atoms with E-state index in [1.807, 2.05) is 65.6 Å². The second-order valence-corrected chi connectivity index (χ2v) is 17.4. The quantitative estimate of drug-likeness (QED) is 0.0720. The van der Waals surface area contributed by atoms with Gasteiger partial charge < -0.3 is 40.2 Å². The maximum absolute atomic E-state index is 16.6. The molecule has 2 fully saturated rings. The Hall–Kier alpha value is -7.35. The van der Waals surface area contributed by atoms with Crippen LogP contribution in [0.4, 0.5) is 10.5 Å². The molecular formula is C54H54N4O11. The molecule has 2 saturated heterocycles. The predicted molar refractivity (Wildman–Crippen MR) is 253 cm³/mol. The number of amides is 4. The highest BCUT2D eigenvalue weighted by atomic mass is 16.6. The van der Waals surface area contributed by atoms with Gasteiger partial charge in [-0.1, -0.05) is 135 Å². The van der Waals surface area contributed by atoms with Crippen LogP contribution in [0.15, 0.2) is 133 Å². The molecule has 15 nitrogen and oxygen atoms in total. The average molecular weight is 935 g/mol. The number of para-hydroxylation sites is 1. The zero-order chi connectivity index (χ0) is 48.8. The number of cyclic esters (lactones) is 1. The van der Waals surface area contributed by atoms with Crippen molar-refractivity contribution >= 4 is 35.5 Å². The standard InChI is InChI=1S/C54H54N4O11/c1-33(2)44(50(63)67-3)56-53(66)57-40-27-26-34(17-15-16-28-59)31-39(40)54(52(57)65)43(49(62)55-32-41(61)35-18-7-4-8-19-35)46-51(64)69-47(37-22-11-6-12-23-37)45(36-20-9-5-10-21-36)58(46)48(54)38-24-13-14-25-42(38)68-30-29-60/h4-14,18-27,31,33,41,43-48,59-61H,16,28-30,32H2,1-3H3,(H,55,62)(H,56,66)/t41-,43-,44-,45-,46-,47+,48+,54-/m0/s1. The number of urea groups is 1. The molecule has 3 aliphatic rings. The van der Waals surface area contributed by atoms with E-state index >= 15 is 19.2 Å². The van der Waals surface area contributed by atoms with Crippen molar-refractivity contribution in [1.29, 1.82) is 0 Å². The summed E-state index contributed by atoms with van der Waals surface area (Å²) in [6, 6.07) is 32.6. The van der Waals surface area contributed by atoms with Gasteiger partial charge in [0.1, 0.15) is 36.0 Å². The molecule has 3 aliphatic heterocycles. The summed E-state index contributed by atoms with van der Waals surface area (Å²) in [5.74, 6) is 0.670. The number of rotatable bonds is 14. The Balaban J connectivity index is 1.46. The zero-order valence-corrected chi connectivity index (χ0v) is 38.4. The SMILES string of the molecule is COC(=O)[C@@H](NC(=O)N1C(=O)[C@@]2(c3cc(C#CCCO)ccc31)[C@H](C(=O)NC[C@H](O)c1ccccc1)[C@H]1C(=O)O[C@H](c3ccccc3)[C@H](c3ccccc3)N1[C@@H]2c1ccccc1OCCO)C(C)C. The fraction of sp³-hybridized carbons (Fsp3) is 0.315. The van der Waals surface area contributed by atoms with Gasteiger partial charge in [-0.25, -0.2) is 14.5 Å². The number of anilines is 1. The number of benzene rings is 5. The normalized spacial score (nSPS) is 22.4. The van der Waals surface area contributed by atoms with Crippen molar-refractivity contribution in [3.05, 3.63) is 167 Å². The molecule has 5 aromatic carbocycles. The Morgan fingerprint density at radius 2 is 1.48 bits per heavy atom. The van der Waals surface area contributed by atoms with Crippen LogP contribution in [0, 0.1) is 23.7 Å². The second kappa shape index (κ2) is 20.9. The summed E-state index contributed by atoms with van der Waals surface area (Å²) in [6.45, 7) is 2.32. The third kappa shape index (κ3) is 8.95. The van der Waals surface area contributed by atoms with Crippen LogP contribution in [0.5, 0.6) is 5.75 Å². The van der Waals surface area contributed by atoms with Crippen LogP contribution in [0.1, 0.15) is 77.9 Å². The van der Waals surface area contributed by atoms with E-state index in [1.165, 1.54) is 13.2 Å². The highest BCUT2D eigenvalue weighted by Crippen LogP contribution is 2.66. The number of hydrogen-bond donors (Lipinski definition) is 5. The lowest BCUT2D eigenvalue weighted by atomic mass is 9.65. The van der Waals surface area contributed by atoms with Crippen molar-refractivity contribution in [2.75, 3.05) is 38.4 Å². The summed E-state index contributed by atoms with van der Waals surface area (Å²) in [4.78, 5) is 78.8. The molecule has 5 aromatic rings. The van der Waals surface area contributed by atoms with Gasteiger partial charge in [0.25, 0.3) is 0 Å². The van der Waals surface area contributed by atoms with Crippen molar-refractivity contribution in [2.24, 2.45) is 11.8 Å². The van der Waals surface area contributed by atoms with E-state index in [-0.39, 0.29) is 49.8 Å². The van der Waals surface area contributed by atoms with Crippen molar-refractivity contribution in [3.8, 4) is 17.6 Å². The summed E-state index contributed by atoms with van der Waals surface area (Å²) in [5.41, 5.74) is 0.451. The smallest absolute Gasteiger partial charge is 0.329 e. The highest BCUT2D eigenvalue weighted by molar-refractivity contribution is 6.25. The Labute approximate surface area is 400 Å². The molecule has 0 radical (unpaired) electrons. The molecular weight excluding hydrogens is 881 g/mol. The van der Waals surface area contributed by atoms with E-state index in [9.17, 15) is 20.1 Å². The topological polar surface area (TPSA) is 204 Å². The van der Waals surface area contributed by atoms with E-state index < -0.39 is 83.4 Å². The molecule has 0 unspecified atom stereocenters. The van der Waals surface area contributed by atoms with Crippen LogP contribution in [0.25, 0.3) is 0 Å². The fourth-order valence-corrected chi connectivity index (χ4v) is 10.1. The minimum atomic E-state index is -2.23. The Morgan fingerprint density at radius 1 is 0.826 bits per heavy atom. The summed E-state index contributed by atoms with van der Waals surface area (Å²) in [6.07, 6.45) is -2.10. The maximum Gasteiger partial charge on any atom is 0.329 e. The number of methoxy groups -OCH3 is 1. The molecule has 15 heteroatoms. The monoisotopic (exact) mass is 934 g/mol. The van der Waals surface area contributed by atoms with E-state index in [2.05, 4.69) is 22.5 Å². The lowest BCUT2D eigenvalue weighted by Gasteiger charge is -2.46. The van der Waals surface area contributed by atoms with Gasteiger partial charge in [-0.2, -0.15) is 0 Å². The third-order valence-corrected chi connectivity index (χ3v) is 13.0. The van der Waals surface area contributed by atoms with Crippen LogP contribution in [0.2, 0.25) is 0 Å². The van der Waals surface area contributed by atoms with E-state index in [4.69, 9.17) is 14.2 Å². The lowest BCUT2D eigenvalue weighted by molar-refractivity contribution is -0.178. The summed E-state index contributed by atoms with van der Waals surface area (Å²) in [7, 11) is 1.19. The van der Waals surface area contributed by atoms with Gasteiger partial charge in [-0.15, -0.1) is 0 Å². The predicted octanol–water partition coefficient (Wildman–Crippen LogP) is 5.21. The van der Waals surface area contributed by atoms with Crippen LogP contribution in [-0.4, -0.2) is 95.6 Å². The van der Waals surface area contributed by atoms with Gasteiger partial charge >= 0.3 is 18.0 Å². The maximum atomic E-state index is 16.6. The van der Waals surface area contributed by atoms with Crippen LogP contribution in [0.3, 0.4) is 0 Å². The lowest BCUT2D eigenvalue weighted by Crippen LogP contribution is -2.58. The van der Waals surface area contributed by atoms with Gasteiger partial charge in [0.2, 0.25) is 11.8 Å². The number of hydrogen-bond acceptors (Lipinski definition) is 12. The summed E-state index contributed by atoms with van der Waals surface area (Å²) < 4.78 is 17.9. The molecule has 4 amide bonds. The van der Waals surface area contributed by atoms with Crippen LogP contribution in [-0.2, 0) is 34.1 Å². The number of aliphatic hydroxyl groups is 3.